The van der Waals surface area contributed by atoms with Gasteiger partial charge in [-0.1, -0.05) is 6.92 Å². The number of nitriles is 1. The van der Waals surface area contributed by atoms with Crippen molar-refractivity contribution in [2.45, 2.75) is 57.0 Å². The van der Waals surface area contributed by atoms with Crippen LogP contribution in [-0.2, 0) is 17.6 Å². The Morgan fingerprint density at radius 2 is 1.73 bits per heavy atom. The van der Waals surface area contributed by atoms with Crippen molar-refractivity contribution in [1.29, 1.82) is 5.26 Å². The first kappa shape index (κ1) is 20.4. The van der Waals surface area contributed by atoms with E-state index in [1.165, 1.54) is 5.32 Å². The smallest absolute Gasteiger partial charge is 0.338 e. The van der Waals surface area contributed by atoms with E-state index < -0.39 is 35.3 Å². The number of thiophene rings is 1. The van der Waals surface area contributed by atoms with Gasteiger partial charge in [0.2, 0.25) is 5.91 Å². The number of amides is 1. The minimum Gasteiger partial charge on any atom is -0.338 e. The number of hydrogen-bond donors (Lipinski definition) is 2. The highest BCUT2D eigenvalue weighted by Crippen LogP contribution is 2.47. The van der Waals surface area contributed by atoms with Gasteiger partial charge in [0.25, 0.3) is 0 Å². The van der Waals surface area contributed by atoms with E-state index in [1.807, 2.05) is 0 Å². The molecule has 2 rings (SSSR count). The summed E-state index contributed by atoms with van der Waals surface area (Å²) in [6, 6.07) is 1.70. The van der Waals surface area contributed by atoms with Crippen molar-refractivity contribution in [2.75, 3.05) is 5.32 Å². The maximum absolute atomic E-state index is 13.5. The average Bonchev–Trinajstić information content (AvgIpc) is 2.88. The number of fused-ring (bicyclic) bond motifs is 1. The number of alkyl halides is 6. The molecule has 0 atom stereocenters. The molecule has 0 spiro atoms. The molecule has 1 aliphatic rings. The SMILES string of the molecule is CCC(=O)NC(Nc1sc2c(c1C#N)CCCC2)(C(F)(F)F)C(F)(F)F. The Balaban J connectivity index is 2.59. The maximum atomic E-state index is 13.5. The lowest BCUT2D eigenvalue weighted by Crippen LogP contribution is -2.72. The number of aryl methyl sites for hydroxylation is 1. The molecule has 0 unspecified atom stereocenters. The van der Waals surface area contributed by atoms with Gasteiger partial charge in [0.05, 0.1) is 5.56 Å². The molecule has 0 aromatic carbocycles. The van der Waals surface area contributed by atoms with Gasteiger partial charge in [-0.25, -0.2) is 0 Å². The molecule has 1 aromatic heterocycles. The second kappa shape index (κ2) is 6.98. The molecule has 1 aromatic rings. The first-order chi connectivity index (χ1) is 12.0. The second-order valence-electron chi connectivity index (χ2n) is 5.80. The summed E-state index contributed by atoms with van der Waals surface area (Å²) in [7, 11) is 0. The van der Waals surface area contributed by atoms with Gasteiger partial charge in [-0.15, -0.1) is 11.3 Å². The molecule has 2 N–H and O–H groups in total. The molecule has 1 aliphatic carbocycles. The molecule has 0 fully saturated rings. The Morgan fingerprint density at radius 3 is 2.23 bits per heavy atom. The molecule has 0 bridgehead atoms. The summed E-state index contributed by atoms with van der Waals surface area (Å²) >= 11 is 0.695. The van der Waals surface area contributed by atoms with Crippen molar-refractivity contribution in [3.63, 3.8) is 0 Å². The van der Waals surface area contributed by atoms with Crippen molar-refractivity contribution >= 4 is 22.2 Å². The third kappa shape index (κ3) is 3.47. The van der Waals surface area contributed by atoms with Gasteiger partial charge in [0.1, 0.15) is 11.1 Å². The van der Waals surface area contributed by atoms with Crippen LogP contribution >= 0.6 is 11.3 Å². The number of nitrogens with one attached hydrogen (secondary N) is 2. The fourth-order valence-electron chi connectivity index (χ4n) is 2.72. The molecule has 4 nitrogen and oxygen atoms in total. The lowest BCUT2D eigenvalue weighted by molar-refractivity contribution is -0.295. The molecule has 1 amide bonds. The normalized spacial score (nSPS) is 15.2. The number of rotatable bonds is 4. The summed E-state index contributed by atoms with van der Waals surface area (Å²) in [5, 5.41) is 11.2. The Bertz CT molecular complexity index is 717. The highest BCUT2D eigenvalue weighted by atomic mass is 32.1. The predicted molar refractivity (Wildman–Crippen MR) is 82.6 cm³/mol. The summed E-state index contributed by atoms with van der Waals surface area (Å²) in [4.78, 5) is 12.0. The van der Waals surface area contributed by atoms with Crippen LogP contribution in [0.25, 0.3) is 0 Å². The van der Waals surface area contributed by atoms with Crippen LogP contribution in [0.1, 0.15) is 42.2 Å². The molecule has 11 heteroatoms. The zero-order chi connectivity index (χ0) is 19.8. The van der Waals surface area contributed by atoms with E-state index in [0.717, 1.165) is 18.7 Å². The number of anilines is 1. The van der Waals surface area contributed by atoms with E-state index in [2.05, 4.69) is 0 Å². The summed E-state index contributed by atoms with van der Waals surface area (Å²) in [6.07, 6.45) is -9.98. The van der Waals surface area contributed by atoms with E-state index >= 15 is 0 Å². The first-order valence-electron chi connectivity index (χ1n) is 7.74. The van der Waals surface area contributed by atoms with Crippen molar-refractivity contribution in [1.82, 2.24) is 5.32 Å². The molecule has 26 heavy (non-hydrogen) atoms. The van der Waals surface area contributed by atoms with Gasteiger partial charge in [0, 0.05) is 11.3 Å². The number of nitrogens with zero attached hydrogens (tertiary/aromatic N) is 1. The molecular formula is C15H15F6N3OS. The zero-order valence-electron chi connectivity index (χ0n) is 13.6. The van der Waals surface area contributed by atoms with Crippen LogP contribution in [-0.4, -0.2) is 23.9 Å². The Kier molecular flexibility index (Phi) is 5.46. The first-order valence-corrected chi connectivity index (χ1v) is 8.55. The maximum Gasteiger partial charge on any atom is 0.439 e. The summed E-state index contributed by atoms with van der Waals surface area (Å²) in [5.74, 6) is -1.42. The predicted octanol–water partition coefficient (Wildman–Crippen LogP) is 4.26. The lowest BCUT2D eigenvalue weighted by Gasteiger charge is -2.38. The molecular weight excluding hydrogens is 384 g/mol. The van der Waals surface area contributed by atoms with Gasteiger partial charge in [-0.05, 0) is 31.2 Å². The third-order valence-corrected chi connectivity index (χ3v) is 5.29. The van der Waals surface area contributed by atoms with Crippen molar-refractivity contribution in [3.05, 3.63) is 16.0 Å². The topological polar surface area (TPSA) is 64.9 Å². The number of hydrogen-bond acceptors (Lipinski definition) is 4. The van der Waals surface area contributed by atoms with Crippen LogP contribution in [0.15, 0.2) is 0 Å². The fraction of sp³-hybridized carbons (Fsp3) is 0.600. The van der Waals surface area contributed by atoms with Gasteiger partial charge in [0.15, 0.2) is 0 Å². The molecule has 0 saturated carbocycles. The number of carbonyl (C=O) groups excluding carboxylic acids is 1. The van der Waals surface area contributed by atoms with Crippen molar-refractivity contribution in [2.24, 2.45) is 0 Å². The highest BCUT2D eigenvalue weighted by molar-refractivity contribution is 7.16. The van der Waals surface area contributed by atoms with Crippen LogP contribution < -0.4 is 10.6 Å². The van der Waals surface area contributed by atoms with E-state index in [0.29, 0.717) is 41.0 Å². The van der Waals surface area contributed by atoms with E-state index in [4.69, 9.17) is 0 Å². The van der Waals surface area contributed by atoms with E-state index in [9.17, 15) is 36.4 Å². The lowest BCUT2D eigenvalue weighted by atomic mass is 9.96. The monoisotopic (exact) mass is 399 g/mol. The fourth-order valence-corrected chi connectivity index (χ4v) is 4.01. The van der Waals surface area contributed by atoms with Gasteiger partial charge >= 0.3 is 18.0 Å². The number of halogens is 6. The van der Waals surface area contributed by atoms with Gasteiger partial charge in [-0.3, -0.25) is 4.79 Å². The summed E-state index contributed by atoms with van der Waals surface area (Å²) in [5.41, 5.74) is -4.42. The quantitative estimate of drug-likeness (QED) is 0.588. The van der Waals surface area contributed by atoms with Crippen LogP contribution in [0.4, 0.5) is 31.3 Å². The molecule has 0 aliphatic heterocycles. The van der Waals surface area contributed by atoms with Gasteiger partial charge in [-0.2, -0.15) is 31.6 Å². The minimum atomic E-state index is -5.88. The van der Waals surface area contributed by atoms with Crippen LogP contribution in [0.3, 0.4) is 0 Å². The number of carbonyl (C=O) groups is 1. The largest absolute Gasteiger partial charge is 0.439 e. The minimum absolute atomic E-state index is 0.228. The van der Waals surface area contributed by atoms with Crippen molar-refractivity contribution in [3.8, 4) is 6.07 Å². The van der Waals surface area contributed by atoms with Crippen molar-refractivity contribution < 1.29 is 31.1 Å². The summed E-state index contributed by atoms with van der Waals surface area (Å²) in [6.45, 7) is 1.14. The van der Waals surface area contributed by atoms with E-state index in [-0.39, 0.29) is 5.56 Å². The molecule has 0 radical (unpaired) electrons. The second-order valence-corrected chi connectivity index (χ2v) is 6.90. The van der Waals surface area contributed by atoms with Crippen LogP contribution in [0.5, 0.6) is 0 Å². The van der Waals surface area contributed by atoms with Gasteiger partial charge < -0.3 is 10.6 Å². The Labute approximate surface area is 149 Å². The highest BCUT2D eigenvalue weighted by Gasteiger charge is 2.72. The Hall–Kier alpha value is -1.96. The molecule has 0 saturated heterocycles. The summed E-state index contributed by atoms with van der Waals surface area (Å²) < 4.78 is 81.0. The Morgan fingerprint density at radius 1 is 1.15 bits per heavy atom. The molecule has 1 heterocycles. The zero-order valence-corrected chi connectivity index (χ0v) is 14.4. The standard InChI is InChI=1S/C15H15F6N3OS/c1-2-11(25)23-13(14(16,17)18,15(19,20)21)24-12-9(7-22)8-5-3-4-6-10(8)26-12/h24H,2-6H2,1H3,(H,23,25). The van der Waals surface area contributed by atoms with E-state index in [1.54, 1.807) is 6.07 Å². The molecule has 144 valence electrons. The third-order valence-electron chi connectivity index (χ3n) is 4.08. The van der Waals surface area contributed by atoms with Crippen LogP contribution in [0.2, 0.25) is 0 Å². The average molecular weight is 399 g/mol. The van der Waals surface area contributed by atoms with Crippen LogP contribution in [0, 0.1) is 11.3 Å².